The van der Waals surface area contributed by atoms with Crippen LogP contribution in [0.1, 0.15) is 33.6 Å². The maximum Gasteiger partial charge on any atom is 0.223 e. The van der Waals surface area contributed by atoms with Crippen molar-refractivity contribution < 1.29 is 4.74 Å². The molecule has 0 amide bonds. The van der Waals surface area contributed by atoms with Gasteiger partial charge in [0.15, 0.2) is 5.75 Å². The van der Waals surface area contributed by atoms with E-state index in [9.17, 15) is 0 Å². The third kappa shape index (κ3) is 4.04. The molecule has 2 atom stereocenters. The molecule has 4 heteroatoms. The van der Waals surface area contributed by atoms with Crippen molar-refractivity contribution in [3.8, 4) is 5.75 Å². The van der Waals surface area contributed by atoms with Crippen molar-refractivity contribution in [1.82, 2.24) is 9.97 Å². The van der Waals surface area contributed by atoms with Gasteiger partial charge in [-0.25, -0.2) is 9.97 Å². The summed E-state index contributed by atoms with van der Waals surface area (Å²) in [7, 11) is 1.61. The van der Waals surface area contributed by atoms with Crippen molar-refractivity contribution in [2.24, 2.45) is 5.92 Å². The van der Waals surface area contributed by atoms with Gasteiger partial charge in [0.25, 0.3) is 0 Å². The van der Waals surface area contributed by atoms with Gasteiger partial charge in [-0.15, -0.1) is 0 Å². The number of ether oxygens (including phenoxy) is 1. The number of nitrogens with one attached hydrogen (secondary N) is 1. The molecule has 0 fully saturated rings. The number of methoxy groups -OCH3 is 1. The fourth-order valence-corrected chi connectivity index (χ4v) is 1.55. The van der Waals surface area contributed by atoms with Gasteiger partial charge >= 0.3 is 0 Å². The van der Waals surface area contributed by atoms with E-state index in [1.165, 1.54) is 6.42 Å². The maximum absolute atomic E-state index is 5.00. The van der Waals surface area contributed by atoms with Gasteiger partial charge in [-0.1, -0.05) is 20.3 Å². The predicted molar refractivity (Wildman–Crippen MR) is 65.7 cm³/mol. The van der Waals surface area contributed by atoms with Crippen LogP contribution in [0.5, 0.6) is 5.75 Å². The molecule has 90 valence electrons. The summed E-state index contributed by atoms with van der Waals surface area (Å²) in [5.74, 6) is 2.07. The average Bonchev–Trinajstić information content (AvgIpc) is 2.29. The molecule has 1 N–H and O–H groups in total. The monoisotopic (exact) mass is 223 g/mol. The molecule has 16 heavy (non-hydrogen) atoms. The fraction of sp³-hybridized carbons (Fsp3) is 0.667. The largest absolute Gasteiger partial charge is 0.494 e. The fourth-order valence-electron chi connectivity index (χ4n) is 1.55. The Hall–Kier alpha value is -1.32. The molecule has 0 bridgehead atoms. The number of anilines is 1. The minimum atomic E-state index is 0.392. The van der Waals surface area contributed by atoms with Gasteiger partial charge in [-0.2, -0.15) is 0 Å². The molecule has 0 saturated carbocycles. The number of rotatable bonds is 6. The van der Waals surface area contributed by atoms with Gasteiger partial charge in [0.2, 0.25) is 5.95 Å². The molecular weight excluding hydrogens is 202 g/mol. The molecule has 1 aromatic heterocycles. The summed E-state index contributed by atoms with van der Waals surface area (Å²) in [6.45, 7) is 6.62. The Bertz CT molecular complexity index is 300. The van der Waals surface area contributed by atoms with E-state index in [2.05, 4.69) is 36.1 Å². The molecule has 0 saturated heterocycles. The molecule has 1 aromatic rings. The Morgan fingerprint density at radius 2 is 1.94 bits per heavy atom. The van der Waals surface area contributed by atoms with Gasteiger partial charge in [-0.05, 0) is 19.3 Å². The van der Waals surface area contributed by atoms with Crippen LogP contribution in [0.15, 0.2) is 12.4 Å². The lowest BCUT2D eigenvalue weighted by molar-refractivity contribution is 0.410. The van der Waals surface area contributed by atoms with Gasteiger partial charge in [-0.3, -0.25) is 0 Å². The van der Waals surface area contributed by atoms with Crippen LogP contribution in [0.3, 0.4) is 0 Å². The number of aromatic nitrogens is 2. The highest BCUT2D eigenvalue weighted by molar-refractivity contribution is 5.27. The lowest BCUT2D eigenvalue weighted by Crippen LogP contribution is -2.19. The molecule has 0 aromatic carbocycles. The second kappa shape index (κ2) is 6.30. The van der Waals surface area contributed by atoms with Crippen molar-refractivity contribution in [3.05, 3.63) is 12.4 Å². The zero-order chi connectivity index (χ0) is 12.0. The van der Waals surface area contributed by atoms with Gasteiger partial charge in [0.1, 0.15) is 0 Å². The quantitative estimate of drug-likeness (QED) is 0.805. The summed E-state index contributed by atoms with van der Waals surface area (Å²) >= 11 is 0. The lowest BCUT2D eigenvalue weighted by atomic mass is 10.0. The van der Waals surface area contributed by atoms with Crippen LogP contribution in [0.25, 0.3) is 0 Å². The van der Waals surface area contributed by atoms with Crippen molar-refractivity contribution in [2.75, 3.05) is 12.4 Å². The molecule has 0 spiro atoms. The van der Waals surface area contributed by atoms with Crippen molar-refractivity contribution in [1.29, 1.82) is 0 Å². The highest BCUT2D eigenvalue weighted by Crippen LogP contribution is 2.13. The van der Waals surface area contributed by atoms with E-state index in [1.54, 1.807) is 19.5 Å². The van der Waals surface area contributed by atoms with Crippen LogP contribution < -0.4 is 10.1 Å². The molecule has 0 radical (unpaired) electrons. The van der Waals surface area contributed by atoms with Crippen LogP contribution in [0.2, 0.25) is 0 Å². The van der Waals surface area contributed by atoms with Crippen molar-refractivity contribution in [3.63, 3.8) is 0 Å². The molecule has 0 aliphatic rings. The number of hydrogen-bond donors (Lipinski definition) is 1. The minimum Gasteiger partial charge on any atom is -0.494 e. The van der Waals surface area contributed by atoms with Crippen LogP contribution in [-0.2, 0) is 0 Å². The van der Waals surface area contributed by atoms with Crippen molar-refractivity contribution >= 4 is 5.95 Å². The summed E-state index contributed by atoms with van der Waals surface area (Å²) in [6, 6.07) is 0.392. The summed E-state index contributed by atoms with van der Waals surface area (Å²) in [5.41, 5.74) is 0. The summed E-state index contributed by atoms with van der Waals surface area (Å²) in [6.07, 6.45) is 5.68. The average molecular weight is 223 g/mol. The lowest BCUT2D eigenvalue weighted by Gasteiger charge is -2.17. The van der Waals surface area contributed by atoms with E-state index < -0.39 is 0 Å². The van der Waals surface area contributed by atoms with Gasteiger partial charge in [0.05, 0.1) is 19.5 Å². The zero-order valence-electron chi connectivity index (χ0n) is 10.5. The van der Waals surface area contributed by atoms with E-state index in [-0.39, 0.29) is 0 Å². The first-order chi connectivity index (χ1) is 7.65. The smallest absolute Gasteiger partial charge is 0.223 e. The standard InChI is InChI=1S/C12H21N3O/c1-5-9(2)6-10(3)15-12-13-7-11(16-4)8-14-12/h7-10H,5-6H2,1-4H3,(H,13,14,15). The highest BCUT2D eigenvalue weighted by atomic mass is 16.5. The summed E-state index contributed by atoms with van der Waals surface area (Å²) in [5, 5.41) is 3.28. The molecule has 0 aliphatic heterocycles. The van der Waals surface area contributed by atoms with Crippen LogP contribution in [-0.4, -0.2) is 23.1 Å². The Labute approximate surface area is 97.5 Å². The van der Waals surface area contributed by atoms with E-state index in [4.69, 9.17) is 4.74 Å². The van der Waals surface area contributed by atoms with Crippen LogP contribution >= 0.6 is 0 Å². The topological polar surface area (TPSA) is 47.0 Å². The normalized spacial score (nSPS) is 14.2. The van der Waals surface area contributed by atoms with Gasteiger partial charge in [0, 0.05) is 6.04 Å². The van der Waals surface area contributed by atoms with Crippen LogP contribution in [0.4, 0.5) is 5.95 Å². The molecule has 0 aliphatic carbocycles. The second-order valence-electron chi connectivity index (χ2n) is 4.24. The summed E-state index contributed by atoms with van der Waals surface area (Å²) in [4.78, 5) is 8.35. The Morgan fingerprint density at radius 3 is 2.44 bits per heavy atom. The molecule has 1 rings (SSSR count). The third-order valence-corrected chi connectivity index (χ3v) is 2.69. The Balaban J connectivity index is 2.46. The predicted octanol–water partition coefficient (Wildman–Crippen LogP) is 2.72. The minimum absolute atomic E-state index is 0.392. The number of hydrogen-bond acceptors (Lipinski definition) is 4. The molecular formula is C12H21N3O. The number of nitrogens with zero attached hydrogens (tertiary/aromatic N) is 2. The van der Waals surface area contributed by atoms with E-state index in [0.29, 0.717) is 17.7 Å². The Kier molecular flexibility index (Phi) is 5.02. The molecule has 1 heterocycles. The first kappa shape index (κ1) is 12.7. The molecule has 4 nitrogen and oxygen atoms in total. The third-order valence-electron chi connectivity index (χ3n) is 2.69. The zero-order valence-corrected chi connectivity index (χ0v) is 10.5. The second-order valence-corrected chi connectivity index (χ2v) is 4.24. The van der Waals surface area contributed by atoms with Gasteiger partial charge < -0.3 is 10.1 Å². The Morgan fingerprint density at radius 1 is 1.31 bits per heavy atom. The van der Waals surface area contributed by atoms with Crippen LogP contribution in [0, 0.1) is 5.92 Å². The SMILES string of the molecule is CCC(C)CC(C)Nc1ncc(OC)cn1. The van der Waals surface area contributed by atoms with E-state index in [0.717, 1.165) is 12.3 Å². The molecule has 2 unspecified atom stereocenters. The van der Waals surface area contributed by atoms with E-state index in [1.807, 2.05) is 0 Å². The maximum atomic E-state index is 5.00. The van der Waals surface area contributed by atoms with E-state index >= 15 is 0 Å². The summed E-state index contributed by atoms with van der Waals surface area (Å²) < 4.78 is 5.00. The highest BCUT2D eigenvalue weighted by Gasteiger charge is 2.08. The van der Waals surface area contributed by atoms with Crippen molar-refractivity contribution in [2.45, 2.75) is 39.7 Å². The first-order valence-corrected chi connectivity index (χ1v) is 5.78. The first-order valence-electron chi connectivity index (χ1n) is 5.78.